The zero-order chi connectivity index (χ0) is 13.1. The monoisotopic (exact) mass is 244 g/mol. The number of halogens is 1. The zero-order valence-corrected chi connectivity index (χ0v) is 9.98. The van der Waals surface area contributed by atoms with Crippen molar-refractivity contribution in [1.82, 2.24) is 4.98 Å². The molecule has 0 aliphatic rings. The fraction of sp³-hybridized carbons (Fsp3) is 0.143. The Morgan fingerprint density at radius 1 is 1.33 bits per heavy atom. The van der Waals surface area contributed by atoms with E-state index in [1.807, 2.05) is 0 Å². The number of benzene rings is 1. The lowest BCUT2D eigenvalue weighted by Crippen LogP contribution is -2.05. The molecule has 0 fully saturated rings. The second kappa shape index (κ2) is 4.96. The van der Waals surface area contributed by atoms with Gasteiger partial charge < -0.3 is 5.73 Å². The number of ketones is 1. The molecule has 0 spiro atoms. The SMILES string of the molecule is Cc1cc(C(=O)Cc2ccnc(N)c2)ccc1F. The molecule has 2 N–H and O–H groups in total. The molecule has 2 aromatic rings. The summed E-state index contributed by atoms with van der Waals surface area (Å²) in [5.41, 5.74) is 7.32. The molecule has 0 saturated heterocycles. The van der Waals surface area contributed by atoms with Crippen molar-refractivity contribution >= 4 is 11.6 Å². The van der Waals surface area contributed by atoms with Crippen LogP contribution in [-0.2, 0) is 6.42 Å². The predicted octanol–water partition coefficient (Wildman–Crippen LogP) is 2.54. The maximum atomic E-state index is 13.1. The highest BCUT2D eigenvalue weighted by atomic mass is 19.1. The Kier molecular flexibility index (Phi) is 3.37. The second-order valence-corrected chi connectivity index (χ2v) is 4.15. The third-order valence-electron chi connectivity index (χ3n) is 2.69. The summed E-state index contributed by atoms with van der Waals surface area (Å²) in [5.74, 6) is 0.0130. The van der Waals surface area contributed by atoms with Gasteiger partial charge in [0.2, 0.25) is 0 Å². The van der Waals surface area contributed by atoms with Gasteiger partial charge in [0.15, 0.2) is 5.78 Å². The number of carbonyl (C=O) groups excluding carboxylic acids is 1. The molecule has 0 radical (unpaired) electrons. The van der Waals surface area contributed by atoms with Crippen molar-refractivity contribution in [2.75, 3.05) is 5.73 Å². The largest absolute Gasteiger partial charge is 0.384 e. The Labute approximate surface area is 104 Å². The topological polar surface area (TPSA) is 56.0 Å². The van der Waals surface area contributed by atoms with Crippen LogP contribution < -0.4 is 5.73 Å². The van der Waals surface area contributed by atoms with Crippen LogP contribution in [0.4, 0.5) is 10.2 Å². The molecule has 0 aliphatic carbocycles. The highest BCUT2D eigenvalue weighted by Crippen LogP contribution is 2.13. The average molecular weight is 244 g/mol. The third kappa shape index (κ3) is 2.71. The molecule has 18 heavy (non-hydrogen) atoms. The maximum absolute atomic E-state index is 13.1. The van der Waals surface area contributed by atoms with Crippen molar-refractivity contribution in [3.05, 3.63) is 59.0 Å². The minimum atomic E-state index is -0.306. The van der Waals surface area contributed by atoms with E-state index in [2.05, 4.69) is 4.98 Å². The minimum absolute atomic E-state index is 0.0660. The van der Waals surface area contributed by atoms with Crippen molar-refractivity contribution in [2.24, 2.45) is 0 Å². The first kappa shape index (κ1) is 12.2. The normalized spacial score (nSPS) is 10.3. The van der Waals surface area contributed by atoms with Crippen LogP contribution in [-0.4, -0.2) is 10.8 Å². The van der Waals surface area contributed by atoms with Gasteiger partial charge in [-0.15, -0.1) is 0 Å². The molecule has 92 valence electrons. The van der Waals surface area contributed by atoms with E-state index in [-0.39, 0.29) is 18.0 Å². The first-order valence-electron chi connectivity index (χ1n) is 5.56. The summed E-state index contributed by atoms with van der Waals surface area (Å²) in [6.07, 6.45) is 1.80. The number of aryl methyl sites for hydroxylation is 1. The molecule has 0 saturated carbocycles. The number of Topliss-reactive ketones (excluding diaryl/α,β-unsaturated/α-hetero) is 1. The summed E-state index contributed by atoms with van der Waals surface area (Å²) in [7, 11) is 0. The van der Waals surface area contributed by atoms with Gasteiger partial charge in [-0.2, -0.15) is 0 Å². The van der Waals surface area contributed by atoms with Crippen LogP contribution in [0.5, 0.6) is 0 Å². The van der Waals surface area contributed by atoms with E-state index in [4.69, 9.17) is 5.73 Å². The van der Waals surface area contributed by atoms with Gasteiger partial charge in [-0.3, -0.25) is 4.79 Å². The van der Waals surface area contributed by atoms with E-state index in [1.165, 1.54) is 12.1 Å². The van der Waals surface area contributed by atoms with Gasteiger partial charge in [-0.05, 0) is 48.4 Å². The number of anilines is 1. The maximum Gasteiger partial charge on any atom is 0.167 e. The third-order valence-corrected chi connectivity index (χ3v) is 2.69. The Balaban J connectivity index is 2.19. The molecule has 0 aliphatic heterocycles. The van der Waals surface area contributed by atoms with Crippen LogP contribution in [0.2, 0.25) is 0 Å². The van der Waals surface area contributed by atoms with E-state index in [1.54, 1.807) is 31.3 Å². The van der Waals surface area contributed by atoms with E-state index < -0.39 is 0 Å². The molecule has 1 aromatic heterocycles. The van der Waals surface area contributed by atoms with Crippen molar-refractivity contribution in [3.8, 4) is 0 Å². The van der Waals surface area contributed by atoms with Crippen molar-refractivity contribution in [1.29, 1.82) is 0 Å². The average Bonchev–Trinajstić information content (AvgIpc) is 2.32. The van der Waals surface area contributed by atoms with Gasteiger partial charge in [0.1, 0.15) is 11.6 Å². The molecule has 3 nitrogen and oxygen atoms in total. The summed E-state index contributed by atoms with van der Waals surface area (Å²) in [6, 6.07) is 7.76. The first-order valence-corrected chi connectivity index (χ1v) is 5.56. The van der Waals surface area contributed by atoms with Gasteiger partial charge in [0, 0.05) is 18.2 Å². The van der Waals surface area contributed by atoms with Gasteiger partial charge in [0.05, 0.1) is 0 Å². The van der Waals surface area contributed by atoms with Crippen LogP contribution in [0, 0.1) is 12.7 Å². The number of pyridine rings is 1. The molecule has 1 aromatic carbocycles. The molecule has 0 atom stereocenters. The van der Waals surface area contributed by atoms with E-state index in [9.17, 15) is 9.18 Å². The molecular formula is C14H13FN2O. The standard InChI is InChI=1S/C14H13FN2O/c1-9-6-11(2-3-12(9)15)13(18)7-10-4-5-17-14(16)8-10/h2-6,8H,7H2,1H3,(H2,16,17). The Hall–Kier alpha value is -2.23. The summed E-state index contributed by atoms with van der Waals surface area (Å²) in [6.45, 7) is 1.64. The van der Waals surface area contributed by atoms with Crippen molar-refractivity contribution in [2.45, 2.75) is 13.3 Å². The van der Waals surface area contributed by atoms with E-state index in [0.717, 1.165) is 5.56 Å². The molecule has 1 heterocycles. The summed E-state index contributed by atoms with van der Waals surface area (Å²) in [4.78, 5) is 15.9. The highest BCUT2D eigenvalue weighted by Gasteiger charge is 2.09. The molecule has 0 amide bonds. The molecular weight excluding hydrogens is 231 g/mol. The zero-order valence-electron chi connectivity index (χ0n) is 9.98. The van der Waals surface area contributed by atoms with Gasteiger partial charge in [-0.1, -0.05) is 0 Å². The fourth-order valence-corrected chi connectivity index (χ4v) is 1.71. The minimum Gasteiger partial charge on any atom is -0.384 e. The number of hydrogen-bond acceptors (Lipinski definition) is 3. The number of aromatic nitrogens is 1. The van der Waals surface area contributed by atoms with Crippen LogP contribution in [0.3, 0.4) is 0 Å². The van der Waals surface area contributed by atoms with Crippen LogP contribution >= 0.6 is 0 Å². The number of hydrogen-bond donors (Lipinski definition) is 1. The number of rotatable bonds is 3. The summed E-state index contributed by atoms with van der Waals surface area (Å²) >= 11 is 0. The number of nitrogen functional groups attached to an aromatic ring is 1. The number of carbonyl (C=O) groups is 1. The lowest BCUT2D eigenvalue weighted by atomic mass is 10.0. The Morgan fingerprint density at radius 2 is 2.11 bits per heavy atom. The Morgan fingerprint density at radius 3 is 2.78 bits per heavy atom. The molecule has 0 unspecified atom stereocenters. The van der Waals surface area contributed by atoms with Crippen LogP contribution in [0.25, 0.3) is 0 Å². The lowest BCUT2D eigenvalue weighted by Gasteiger charge is -2.04. The summed E-state index contributed by atoms with van der Waals surface area (Å²) < 4.78 is 13.1. The van der Waals surface area contributed by atoms with Crippen molar-refractivity contribution in [3.63, 3.8) is 0 Å². The van der Waals surface area contributed by atoms with Gasteiger partial charge in [0.25, 0.3) is 0 Å². The molecule has 4 heteroatoms. The smallest absolute Gasteiger partial charge is 0.167 e. The summed E-state index contributed by atoms with van der Waals surface area (Å²) in [5, 5.41) is 0. The van der Waals surface area contributed by atoms with Crippen LogP contribution in [0.15, 0.2) is 36.5 Å². The van der Waals surface area contributed by atoms with E-state index in [0.29, 0.717) is 16.9 Å². The number of nitrogens with two attached hydrogens (primary N) is 1. The quantitative estimate of drug-likeness (QED) is 0.844. The molecule has 0 bridgehead atoms. The van der Waals surface area contributed by atoms with Crippen molar-refractivity contribution < 1.29 is 9.18 Å². The Bertz CT molecular complexity index is 596. The highest BCUT2D eigenvalue weighted by molar-refractivity contribution is 5.97. The fourth-order valence-electron chi connectivity index (χ4n) is 1.71. The van der Waals surface area contributed by atoms with Crippen LogP contribution in [0.1, 0.15) is 21.5 Å². The van der Waals surface area contributed by atoms with Gasteiger partial charge in [-0.25, -0.2) is 9.37 Å². The van der Waals surface area contributed by atoms with E-state index >= 15 is 0 Å². The lowest BCUT2D eigenvalue weighted by molar-refractivity contribution is 0.0993. The van der Waals surface area contributed by atoms with Gasteiger partial charge >= 0.3 is 0 Å². The second-order valence-electron chi connectivity index (χ2n) is 4.15. The molecule has 2 rings (SSSR count). The number of nitrogens with zero attached hydrogens (tertiary/aromatic N) is 1. The predicted molar refractivity (Wildman–Crippen MR) is 67.8 cm³/mol. The first-order chi connectivity index (χ1) is 8.56.